The lowest BCUT2D eigenvalue weighted by molar-refractivity contribution is -0.301. The van der Waals surface area contributed by atoms with Crippen molar-refractivity contribution in [1.29, 1.82) is 0 Å². The molecular formula is C69H122O12. The van der Waals surface area contributed by atoms with Crippen molar-refractivity contribution in [3.05, 3.63) is 48.6 Å². The van der Waals surface area contributed by atoms with Gasteiger partial charge in [0.1, 0.15) is 18.8 Å². The van der Waals surface area contributed by atoms with Gasteiger partial charge in [0, 0.05) is 19.3 Å². The van der Waals surface area contributed by atoms with Crippen LogP contribution in [-0.2, 0) is 42.9 Å². The van der Waals surface area contributed by atoms with E-state index in [-0.39, 0.29) is 25.9 Å². The van der Waals surface area contributed by atoms with Gasteiger partial charge in [0.25, 0.3) is 0 Å². The van der Waals surface area contributed by atoms with E-state index in [1.807, 2.05) is 0 Å². The molecule has 3 N–H and O–H groups in total. The number of rotatable bonds is 58. The molecule has 470 valence electrons. The Bertz CT molecular complexity index is 1590. The molecule has 1 rings (SSSR count). The molecule has 81 heavy (non-hydrogen) atoms. The van der Waals surface area contributed by atoms with Crippen molar-refractivity contribution in [2.24, 2.45) is 0 Å². The minimum atomic E-state index is -1.90. The van der Waals surface area contributed by atoms with Crippen molar-refractivity contribution in [3.8, 4) is 0 Å². The summed E-state index contributed by atoms with van der Waals surface area (Å²) in [6, 6.07) is 0. The van der Waals surface area contributed by atoms with E-state index in [4.69, 9.17) is 23.7 Å². The second kappa shape index (κ2) is 57.1. The molecule has 0 aliphatic carbocycles. The average molecular weight is 1140 g/mol. The summed E-state index contributed by atoms with van der Waals surface area (Å²) in [4.78, 5) is 51.4. The molecule has 0 aromatic rings. The number of aliphatic carboxylic acids is 1. The SMILES string of the molecule is CC/C=C\C/C=C\C/C=C\C/C=C\CCCCCCC(=O)OCC(COC1OC(C(=O)O)C(O)C(O)C1OC(=O)CCCCCCCCCCCCCCCCCCC)OC(=O)CCCCCCCCCCCCCCCCCCC. The molecule has 0 aromatic carbocycles. The van der Waals surface area contributed by atoms with Gasteiger partial charge in [0.15, 0.2) is 24.6 Å². The van der Waals surface area contributed by atoms with Crippen LogP contribution in [0.4, 0.5) is 0 Å². The monoisotopic (exact) mass is 1140 g/mol. The molecule has 0 bridgehead atoms. The van der Waals surface area contributed by atoms with Gasteiger partial charge >= 0.3 is 23.9 Å². The number of carboxylic acids is 1. The Kier molecular flexibility index (Phi) is 53.4. The number of carbonyl (C=O) groups is 4. The second-order valence-corrected chi connectivity index (χ2v) is 23.1. The molecule has 6 atom stereocenters. The van der Waals surface area contributed by atoms with Crippen LogP contribution in [-0.4, -0.2) is 89.2 Å². The third-order valence-corrected chi connectivity index (χ3v) is 15.4. The van der Waals surface area contributed by atoms with Crippen molar-refractivity contribution in [3.63, 3.8) is 0 Å². The minimum Gasteiger partial charge on any atom is -0.479 e. The van der Waals surface area contributed by atoms with Gasteiger partial charge in [0.2, 0.25) is 0 Å². The van der Waals surface area contributed by atoms with Crippen LogP contribution in [0, 0.1) is 0 Å². The highest BCUT2D eigenvalue weighted by Gasteiger charge is 2.50. The first kappa shape index (κ1) is 75.7. The predicted molar refractivity (Wildman–Crippen MR) is 331 cm³/mol. The lowest BCUT2D eigenvalue weighted by Crippen LogP contribution is -2.61. The van der Waals surface area contributed by atoms with Crippen molar-refractivity contribution >= 4 is 23.9 Å². The number of unbranched alkanes of at least 4 members (excludes halogenated alkanes) is 36. The van der Waals surface area contributed by atoms with E-state index < -0.39 is 67.3 Å². The van der Waals surface area contributed by atoms with E-state index in [9.17, 15) is 34.5 Å². The standard InChI is InChI=1S/C69H122O12/c1-4-7-10-13-16-19-22-25-28-31-34-37-40-43-46-49-52-55-61(70)77-58-60(79-62(71)56-53-50-47-44-41-38-35-32-29-26-23-20-17-14-11-8-5-2)59-78-69-67(65(74)64(73)66(81-69)68(75)76)80-63(72)57-54-51-48-45-42-39-36-33-30-27-24-21-18-15-12-9-6-3/h7,10,16,19,25,28,34,37,60,64-67,69,73-74H,4-6,8-9,11-15,17-18,20-24,26-27,29-33,35-36,38-59H2,1-3H3,(H,75,76)/b10-7-,19-16-,28-25-,37-34-. The molecule has 1 fully saturated rings. The second-order valence-electron chi connectivity index (χ2n) is 23.1. The number of ether oxygens (including phenoxy) is 5. The minimum absolute atomic E-state index is 0.0634. The Balaban J connectivity index is 2.65. The number of aliphatic hydroxyl groups excluding tert-OH is 2. The fraction of sp³-hybridized carbons (Fsp3) is 0.826. The summed E-state index contributed by atoms with van der Waals surface area (Å²) < 4.78 is 28.6. The van der Waals surface area contributed by atoms with Crippen LogP contribution >= 0.6 is 0 Å². The molecule has 6 unspecified atom stereocenters. The van der Waals surface area contributed by atoms with Gasteiger partial charge in [-0.05, 0) is 57.8 Å². The zero-order valence-electron chi connectivity index (χ0n) is 52.0. The smallest absolute Gasteiger partial charge is 0.335 e. The van der Waals surface area contributed by atoms with Gasteiger partial charge in [-0.25, -0.2) is 4.79 Å². The molecule has 1 aliphatic rings. The van der Waals surface area contributed by atoms with Gasteiger partial charge in [-0.1, -0.05) is 288 Å². The van der Waals surface area contributed by atoms with Crippen molar-refractivity contribution in [2.75, 3.05) is 13.2 Å². The molecule has 1 aliphatic heterocycles. The van der Waals surface area contributed by atoms with E-state index in [1.165, 1.54) is 167 Å². The van der Waals surface area contributed by atoms with Crippen LogP contribution in [0.3, 0.4) is 0 Å². The zero-order chi connectivity index (χ0) is 58.9. The summed E-state index contributed by atoms with van der Waals surface area (Å²) in [5, 5.41) is 31.6. The van der Waals surface area contributed by atoms with Gasteiger partial charge in [-0.15, -0.1) is 0 Å². The van der Waals surface area contributed by atoms with E-state index in [0.717, 1.165) is 89.9 Å². The normalized spacial score (nSPS) is 18.0. The highest BCUT2D eigenvalue weighted by atomic mass is 16.7. The molecule has 0 spiro atoms. The number of hydrogen-bond acceptors (Lipinski definition) is 11. The van der Waals surface area contributed by atoms with Crippen LogP contribution in [0.1, 0.15) is 316 Å². The van der Waals surface area contributed by atoms with E-state index in [2.05, 4.69) is 69.4 Å². The Morgan fingerprint density at radius 1 is 0.420 bits per heavy atom. The average Bonchev–Trinajstić information content (AvgIpc) is 3.53. The van der Waals surface area contributed by atoms with Crippen molar-refractivity contribution in [2.45, 2.75) is 353 Å². The van der Waals surface area contributed by atoms with Crippen LogP contribution in [0.25, 0.3) is 0 Å². The van der Waals surface area contributed by atoms with Crippen LogP contribution < -0.4 is 0 Å². The van der Waals surface area contributed by atoms with Gasteiger partial charge in [-0.2, -0.15) is 0 Å². The zero-order valence-corrected chi connectivity index (χ0v) is 52.0. The summed E-state index contributed by atoms with van der Waals surface area (Å²) in [6.45, 7) is 5.92. The number of carbonyl (C=O) groups excluding carboxylic acids is 3. The molecule has 0 aromatic heterocycles. The summed E-state index contributed by atoms with van der Waals surface area (Å²) in [5.41, 5.74) is 0. The summed E-state index contributed by atoms with van der Waals surface area (Å²) in [6.07, 6.45) is 57.8. The Morgan fingerprint density at radius 2 is 0.778 bits per heavy atom. The number of carboxylic acid groups (broad SMARTS) is 1. The maximum absolute atomic E-state index is 13.2. The molecule has 12 nitrogen and oxygen atoms in total. The van der Waals surface area contributed by atoms with Crippen molar-refractivity contribution in [1.82, 2.24) is 0 Å². The summed E-state index contributed by atoms with van der Waals surface area (Å²) in [7, 11) is 0. The van der Waals surface area contributed by atoms with Crippen LogP contribution in [0.15, 0.2) is 48.6 Å². The first-order valence-electron chi connectivity index (χ1n) is 33.6. The summed E-state index contributed by atoms with van der Waals surface area (Å²) in [5.74, 6) is -3.12. The quantitative estimate of drug-likeness (QED) is 0.0228. The number of hydrogen-bond donors (Lipinski definition) is 3. The third-order valence-electron chi connectivity index (χ3n) is 15.4. The summed E-state index contributed by atoms with van der Waals surface area (Å²) >= 11 is 0. The number of allylic oxidation sites excluding steroid dienone is 8. The fourth-order valence-electron chi connectivity index (χ4n) is 10.3. The van der Waals surface area contributed by atoms with Gasteiger partial charge in [-0.3, -0.25) is 14.4 Å². The van der Waals surface area contributed by atoms with E-state index in [0.29, 0.717) is 19.3 Å². The molecular weight excluding hydrogens is 1020 g/mol. The Morgan fingerprint density at radius 3 is 1.19 bits per heavy atom. The van der Waals surface area contributed by atoms with E-state index in [1.54, 1.807) is 0 Å². The van der Waals surface area contributed by atoms with Crippen LogP contribution in [0.2, 0.25) is 0 Å². The number of aliphatic hydroxyl groups is 2. The Hall–Kier alpha value is -3.32. The lowest BCUT2D eigenvalue weighted by Gasteiger charge is -2.40. The van der Waals surface area contributed by atoms with Crippen molar-refractivity contribution < 1.29 is 58.2 Å². The predicted octanol–water partition coefficient (Wildman–Crippen LogP) is 18.1. The largest absolute Gasteiger partial charge is 0.479 e. The first-order chi connectivity index (χ1) is 39.6. The fourth-order valence-corrected chi connectivity index (χ4v) is 10.3. The molecule has 12 heteroatoms. The highest BCUT2D eigenvalue weighted by molar-refractivity contribution is 5.74. The topological polar surface area (TPSA) is 175 Å². The molecule has 1 heterocycles. The van der Waals surface area contributed by atoms with Gasteiger partial charge in [0.05, 0.1) is 6.61 Å². The molecule has 1 saturated heterocycles. The molecule has 0 saturated carbocycles. The van der Waals surface area contributed by atoms with Crippen LogP contribution in [0.5, 0.6) is 0 Å². The number of esters is 3. The Labute approximate surface area is 494 Å². The molecule has 0 radical (unpaired) electrons. The third kappa shape index (κ3) is 46.7. The first-order valence-corrected chi connectivity index (χ1v) is 33.6. The molecule has 0 amide bonds. The van der Waals surface area contributed by atoms with Gasteiger partial charge < -0.3 is 39.0 Å². The maximum Gasteiger partial charge on any atom is 0.335 e. The maximum atomic E-state index is 13.2. The highest BCUT2D eigenvalue weighted by Crippen LogP contribution is 2.27. The lowest BCUT2D eigenvalue weighted by atomic mass is 9.98. The van der Waals surface area contributed by atoms with E-state index >= 15 is 0 Å².